The van der Waals surface area contributed by atoms with Gasteiger partial charge in [-0.25, -0.2) is 9.18 Å². The van der Waals surface area contributed by atoms with E-state index in [1.165, 1.54) is 24.3 Å². The van der Waals surface area contributed by atoms with Crippen LogP contribution in [0.3, 0.4) is 0 Å². The van der Waals surface area contributed by atoms with Crippen LogP contribution >= 0.6 is 0 Å². The van der Waals surface area contributed by atoms with Gasteiger partial charge in [-0.15, -0.1) is 0 Å². The Morgan fingerprint density at radius 3 is 2.36 bits per heavy atom. The first-order valence-electron chi connectivity index (χ1n) is 6.41. The molecule has 0 fully saturated rings. The fourth-order valence-electron chi connectivity index (χ4n) is 1.78. The molecule has 22 heavy (non-hydrogen) atoms. The SMILES string of the molecule is N#C/C(=C\c1ccc(OCC(=O)O)cc1)c1ccc(F)cc1. The largest absolute Gasteiger partial charge is 0.482 e. The smallest absolute Gasteiger partial charge is 0.341 e. The third-order valence-electron chi connectivity index (χ3n) is 2.83. The molecule has 0 radical (unpaired) electrons. The highest BCUT2D eigenvalue weighted by atomic mass is 19.1. The summed E-state index contributed by atoms with van der Waals surface area (Å²) in [6.45, 7) is -0.409. The van der Waals surface area contributed by atoms with Crippen molar-refractivity contribution in [1.29, 1.82) is 5.26 Å². The summed E-state index contributed by atoms with van der Waals surface area (Å²) >= 11 is 0. The van der Waals surface area contributed by atoms with E-state index in [0.29, 0.717) is 16.9 Å². The van der Waals surface area contributed by atoms with E-state index in [-0.39, 0.29) is 5.82 Å². The van der Waals surface area contributed by atoms with Gasteiger partial charge in [-0.05, 0) is 41.5 Å². The van der Waals surface area contributed by atoms with Crippen LogP contribution in [0.2, 0.25) is 0 Å². The Bertz CT molecular complexity index is 728. The summed E-state index contributed by atoms with van der Waals surface area (Å²) in [6.07, 6.45) is 1.66. The fraction of sp³-hybridized carbons (Fsp3) is 0.0588. The number of halogens is 1. The first-order valence-corrected chi connectivity index (χ1v) is 6.41. The van der Waals surface area contributed by atoms with Gasteiger partial charge in [0.15, 0.2) is 6.61 Å². The number of carboxylic acid groups (broad SMARTS) is 1. The minimum absolute atomic E-state index is 0.360. The van der Waals surface area contributed by atoms with Crippen molar-refractivity contribution in [1.82, 2.24) is 0 Å². The summed E-state index contributed by atoms with van der Waals surface area (Å²) in [4.78, 5) is 10.4. The maximum Gasteiger partial charge on any atom is 0.341 e. The first-order chi connectivity index (χ1) is 10.6. The average molecular weight is 297 g/mol. The average Bonchev–Trinajstić information content (AvgIpc) is 2.52. The van der Waals surface area contributed by atoms with Crippen LogP contribution in [0.25, 0.3) is 11.6 Å². The Labute approximate surface area is 126 Å². The number of nitrogens with zero attached hydrogens (tertiary/aromatic N) is 1. The lowest BCUT2D eigenvalue weighted by Gasteiger charge is -2.04. The second kappa shape index (κ2) is 7.04. The van der Waals surface area contributed by atoms with Gasteiger partial charge in [-0.1, -0.05) is 24.3 Å². The van der Waals surface area contributed by atoms with E-state index in [1.54, 1.807) is 30.3 Å². The molecule has 0 spiro atoms. The Kier molecular flexibility index (Phi) is 4.89. The summed E-state index contributed by atoms with van der Waals surface area (Å²) in [7, 11) is 0. The molecule has 0 atom stereocenters. The zero-order valence-corrected chi connectivity index (χ0v) is 11.5. The van der Waals surface area contributed by atoms with Crippen molar-refractivity contribution < 1.29 is 19.0 Å². The van der Waals surface area contributed by atoms with Crippen LogP contribution in [0, 0.1) is 17.1 Å². The summed E-state index contributed by atoms with van der Waals surface area (Å²) in [5.41, 5.74) is 1.78. The van der Waals surface area contributed by atoms with Crippen LogP contribution in [0.5, 0.6) is 5.75 Å². The molecule has 0 saturated carbocycles. The second-order valence-electron chi connectivity index (χ2n) is 4.43. The molecule has 0 aromatic heterocycles. The number of carbonyl (C=O) groups is 1. The molecule has 2 aromatic rings. The Balaban J connectivity index is 2.18. The molecule has 4 nitrogen and oxygen atoms in total. The maximum atomic E-state index is 12.9. The molecule has 110 valence electrons. The minimum Gasteiger partial charge on any atom is -0.482 e. The molecule has 1 N–H and O–H groups in total. The number of allylic oxidation sites excluding steroid dienone is 1. The van der Waals surface area contributed by atoms with Crippen LogP contribution in [-0.4, -0.2) is 17.7 Å². The molecule has 0 bridgehead atoms. The van der Waals surface area contributed by atoms with Gasteiger partial charge in [0.2, 0.25) is 0 Å². The number of nitriles is 1. The van der Waals surface area contributed by atoms with Crippen LogP contribution in [0.15, 0.2) is 48.5 Å². The van der Waals surface area contributed by atoms with E-state index in [4.69, 9.17) is 9.84 Å². The molecule has 0 aliphatic carbocycles. The third-order valence-corrected chi connectivity index (χ3v) is 2.83. The van der Waals surface area contributed by atoms with E-state index >= 15 is 0 Å². The standard InChI is InChI=1S/C17H12FNO3/c18-15-5-3-13(4-6-15)14(10-19)9-12-1-7-16(8-2-12)22-11-17(20)21/h1-9H,11H2,(H,20,21)/b14-9+. The predicted octanol–water partition coefficient (Wildman–Crippen LogP) is 3.35. The van der Waals surface area contributed by atoms with Crippen molar-refractivity contribution in [2.45, 2.75) is 0 Å². The number of ether oxygens (including phenoxy) is 1. The van der Waals surface area contributed by atoms with E-state index in [0.717, 1.165) is 5.56 Å². The molecule has 0 amide bonds. The number of benzene rings is 2. The molecule has 2 aromatic carbocycles. The van der Waals surface area contributed by atoms with Gasteiger partial charge < -0.3 is 9.84 Å². The van der Waals surface area contributed by atoms with Crippen molar-refractivity contribution in [3.8, 4) is 11.8 Å². The van der Waals surface area contributed by atoms with Gasteiger partial charge in [-0.3, -0.25) is 0 Å². The normalized spacial score (nSPS) is 10.8. The van der Waals surface area contributed by atoms with E-state index in [1.807, 2.05) is 0 Å². The number of rotatable bonds is 5. The van der Waals surface area contributed by atoms with Crippen LogP contribution in [-0.2, 0) is 4.79 Å². The molecule has 0 unspecified atom stereocenters. The Morgan fingerprint density at radius 1 is 1.18 bits per heavy atom. The first kappa shape index (κ1) is 15.3. The molecule has 0 saturated heterocycles. The van der Waals surface area contributed by atoms with Crippen LogP contribution in [0.4, 0.5) is 4.39 Å². The molecular weight excluding hydrogens is 285 g/mol. The van der Waals surface area contributed by atoms with Crippen molar-refractivity contribution in [3.05, 3.63) is 65.5 Å². The molecule has 0 aliphatic heterocycles. The van der Waals surface area contributed by atoms with E-state index in [9.17, 15) is 14.4 Å². The molecular formula is C17H12FNO3. The monoisotopic (exact) mass is 297 g/mol. The van der Waals surface area contributed by atoms with E-state index in [2.05, 4.69) is 6.07 Å². The quantitative estimate of drug-likeness (QED) is 0.678. The predicted molar refractivity (Wildman–Crippen MR) is 79.5 cm³/mol. The van der Waals surface area contributed by atoms with Crippen molar-refractivity contribution in [2.75, 3.05) is 6.61 Å². The van der Waals surface area contributed by atoms with Crippen molar-refractivity contribution >= 4 is 17.6 Å². The second-order valence-corrected chi connectivity index (χ2v) is 4.43. The number of hydrogen-bond acceptors (Lipinski definition) is 3. The summed E-state index contributed by atoms with van der Waals surface area (Å²) < 4.78 is 17.9. The fourth-order valence-corrected chi connectivity index (χ4v) is 1.78. The van der Waals surface area contributed by atoms with Gasteiger partial charge in [0.1, 0.15) is 11.6 Å². The Morgan fingerprint density at radius 2 is 1.82 bits per heavy atom. The lowest BCUT2D eigenvalue weighted by Crippen LogP contribution is -2.09. The molecule has 0 heterocycles. The summed E-state index contributed by atoms with van der Waals surface area (Å²) in [5.74, 6) is -0.979. The van der Waals surface area contributed by atoms with Gasteiger partial charge in [0.25, 0.3) is 0 Å². The zero-order chi connectivity index (χ0) is 15.9. The lowest BCUT2D eigenvalue weighted by atomic mass is 10.0. The third kappa shape index (κ3) is 4.18. The van der Waals surface area contributed by atoms with Crippen molar-refractivity contribution in [3.63, 3.8) is 0 Å². The van der Waals surface area contributed by atoms with Crippen LogP contribution in [0.1, 0.15) is 11.1 Å². The lowest BCUT2D eigenvalue weighted by molar-refractivity contribution is -0.139. The highest BCUT2D eigenvalue weighted by molar-refractivity contribution is 5.89. The van der Waals surface area contributed by atoms with Gasteiger partial charge in [-0.2, -0.15) is 5.26 Å². The highest BCUT2D eigenvalue weighted by Gasteiger charge is 2.03. The molecule has 0 aliphatic rings. The molecule has 5 heteroatoms. The summed E-state index contributed by atoms with van der Waals surface area (Å²) in [5, 5.41) is 17.7. The van der Waals surface area contributed by atoms with Gasteiger partial charge >= 0.3 is 5.97 Å². The van der Waals surface area contributed by atoms with E-state index < -0.39 is 12.6 Å². The minimum atomic E-state index is -1.05. The number of aliphatic carboxylic acids is 1. The Hall–Kier alpha value is -3.13. The van der Waals surface area contributed by atoms with Gasteiger partial charge in [0, 0.05) is 0 Å². The highest BCUT2D eigenvalue weighted by Crippen LogP contribution is 2.20. The number of carboxylic acids is 1. The van der Waals surface area contributed by atoms with Crippen molar-refractivity contribution in [2.24, 2.45) is 0 Å². The topological polar surface area (TPSA) is 70.3 Å². The molecule has 2 rings (SSSR count). The van der Waals surface area contributed by atoms with Crippen LogP contribution < -0.4 is 4.74 Å². The maximum absolute atomic E-state index is 12.9. The summed E-state index contributed by atoms with van der Waals surface area (Å²) in [6, 6.07) is 14.4. The zero-order valence-electron chi connectivity index (χ0n) is 11.5. The van der Waals surface area contributed by atoms with Gasteiger partial charge in [0.05, 0.1) is 11.6 Å². The number of hydrogen-bond donors (Lipinski definition) is 1.